The Morgan fingerprint density at radius 3 is 2.63 bits per heavy atom. The van der Waals surface area contributed by atoms with Gasteiger partial charge in [0.05, 0.1) is 28.7 Å². The molecule has 38 heavy (non-hydrogen) atoms. The third kappa shape index (κ3) is 4.75. The van der Waals surface area contributed by atoms with Crippen LogP contribution in [-0.2, 0) is 27.2 Å². The molecular formula is C29H34N6O3. The van der Waals surface area contributed by atoms with Gasteiger partial charge < -0.3 is 21.4 Å². The van der Waals surface area contributed by atoms with Gasteiger partial charge >= 0.3 is 0 Å². The normalized spacial score (nSPS) is 22.2. The Morgan fingerprint density at radius 1 is 1.18 bits per heavy atom. The predicted octanol–water partition coefficient (Wildman–Crippen LogP) is 1.92. The molecular weight excluding hydrogens is 480 g/mol. The van der Waals surface area contributed by atoms with Gasteiger partial charge in [0, 0.05) is 37.1 Å². The van der Waals surface area contributed by atoms with Gasteiger partial charge in [-0.1, -0.05) is 48.5 Å². The van der Waals surface area contributed by atoms with Crippen LogP contribution < -0.4 is 16.4 Å². The Labute approximate surface area is 221 Å². The highest BCUT2D eigenvalue weighted by atomic mass is 16.2. The van der Waals surface area contributed by atoms with Crippen LogP contribution in [0.25, 0.3) is 10.9 Å². The Kier molecular flexibility index (Phi) is 6.66. The molecule has 5 rings (SSSR count). The van der Waals surface area contributed by atoms with Crippen LogP contribution >= 0.6 is 0 Å². The number of nitrogens with one attached hydrogen (secondary N) is 3. The van der Waals surface area contributed by atoms with Crippen molar-refractivity contribution in [3.63, 3.8) is 0 Å². The molecule has 3 atom stereocenters. The lowest BCUT2D eigenvalue weighted by Gasteiger charge is -2.38. The number of nitrogens with two attached hydrogens (primary N) is 1. The van der Waals surface area contributed by atoms with E-state index in [-0.39, 0.29) is 18.1 Å². The van der Waals surface area contributed by atoms with Crippen molar-refractivity contribution in [2.45, 2.75) is 50.7 Å². The smallest absolute Gasteiger partial charge is 0.254 e. The molecule has 1 saturated heterocycles. The number of rotatable bonds is 8. The van der Waals surface area contributed by atoms with Gasteiger partial charge in [-0.2, -0.15) is 5.10 Å². The molecule has 1 aromatic heterocycles. The molecule has 0 saturated carbocycles. The number of benzene rings is 2. The molecule has 5 N–H and O–H groups in total. The average molecular weight is 515 g/mol. The van der Waals surface area contributed by atoms with E-state index in [4.69, 9.17) is 5.73 Å². The van der Waals surface area contributed by atoms with Crippen LogP contribution in [0.5, 0.6) is 0 Å². The van der Waals surface area contributed by atoms with Gasteiger partial charge in [0.25, 0.3) is 5.91 Å². The van der Waals surface area contributed by atoms with Gasteiger partial charge in [-0.3, -0.25) is 14.4 Å². The Bertz CT molecular complexity index is 1410. The Balaban J connectivity index is 1.45. The Hall–Kier alpha value is -3.82. The number of Topliss-reactive ketones (excluding diaryl/α,β-unsaturated/α-hetero) is 1. The quantitative estimate of drug-likeness (QED) is 0.365. The highest BCUT2D eigenvalue weighted by Gasteiger charge is 2.54. The topological polar surface area (TPSA) is 133 Å². The van der Waals surface area contributed by atoms with Gasteiger partial charge in [-0.05, 0) is 43.9 Å². The van der Waals surface area contributed by atoms with Crippen LogP contribution in [0.15, 0.2) is 65.9 Å². The summed E-state index contributed by atoms with van der Waals surface area (Å²) in [7, 11) is 1.65. The Morgan fingerprint density at radius 2 is 1.89 bits per heavy atom. The first-order valence-electron chi connectivity index (χ1n) is 12.9. The number of fused-ring (bicyclic) bond motifs is 2. The number of para-hydroxylation sites is 1. The van der Waals surface area contributed by atoms with Crippen LogP contribution in [0.3, 0.4) is 0 Å². The number of amides is 2. The maximum Gasteiger partial charge on any atom is 0.254 e. The molecule has 1 fully saturated rings. The van der Waals surface area contributed by atoms with E-state index in [0.29, 0.717) is 19.4 Å². The van der Waals surface area contributed by atoms with Crippen molar-refractivity contribution in [1.82, 2.24) is 20.6 Å². The number of carbonyl (C=O) groups is 3. The maximum absolute atomic E-state index is 14.1. The van der Waals surface area contributed by atoms with Crippen molar-refractivity contribution in [1.29, 1.82) is 0 Å². The summed E-state index contributed by atoms with van der Waals surface area (Å²) >= 11 is 0. The minimum absolute atomic E-state index is 0.115. The zero-order chi connectivity index (χ0) is 27.1. The fourth-order valence-corrected chi connectivity index (χ4v) is 5.53. The number of hydrogen-bond donors (Lipinski definition) is 4. The van der Waals surface area contributed by atoms with Crippen molar-refractivity contribution in [2.75, 3.05) is 13.6 Å². The molecule has 2 aliphatic rings. The molecule has 9 heteroatoms. The van der Waals surface area contributed by atoms with Crippen LogP contribution in [0.4, 0.5) is 0 Å². The van der Waals surface area contributed by atoms with Gasteiger partial charge in [0.15, 0.2) is 5.78 Å². The van der Waals surface area contributed by atoms with Crippen molar-refractivity contribution < 1.29 is 14.4 Å². The van der Waals surface area contributed by atoms with Gasteiger partial charge in [-0.25, -0.2) is 5.01 Å². The summed E-state index contributed by atoms with van der Waals surface area (Å²) in [5.41, 5.74) is 7.62. The summed E-state index contributed by atoms with van der Waals surface area (Å²) in [5.74, 6) is -0.706. The third-order valence-electron chi connectivity index (χ3n) is 7.62. The summed E-state index contributed by atoms with van der Waals surface area (Å²) in [6.45, 7) is 3.54. The SMILES string of the molecule is CN1N=C2CNC(C(=O)[C@@H](Cc3c[nH]c4ccccc34)NC(=O)C(C)(C)N)CC2(Cc2ccccc2)C1=O. The highest BCUT2D eigenvalue weighted by Crippen LogP contribution is 2.39. The molecule has 0 radical (unpaired) electrons. The predicted molar refractivity (Wildman–Crippen MR) is 146 cm³/mol. The lowest BCUT2D eigenvalue weighted by atomic mass is 9.69. The summed E-state index contributed by atoms with van der Waals surface area (Å²) in [6, 6.07) is 16.2. The zero-order valence-corrected chi connectivity index (χ0v) is 22.0. The molecule has 198 valence electrons. The number of carbonyl (C=O) groups excluding carboxylic acids is 3. The number of ketones is 1. The number of nitrogens with zero attached hydrogens (tertiary/aromatic N) is 2. The van der Waals surface area contributed by atoms with Crippen LogP contribution in [0, 0.1) is 5.41 Å². The standard InChI is InChI=1S/C29H34N6O3/c1-28(2,30)26(37)33-22(13-19-16-31-21-12-8-7-11-20(19)21)25(36)23-15-29(14-18-9-5-4-6-10-18)24(17-32-23)34-35(3)27(29)38/h4-12,16,22-23,31-32H,13-15,17,30H2,1-3H3,(H,33,37)/t22-,23?,29?/m1/s1. The summed E-state index contributed by atoms with van der Waals surface area (Å²) in [4.78, 5) is 43.8. The zero-order valence-electron chi connectivity index (χ0n) is 22.0. The second-order valence-corrected chi connectivity index (χ2v) is 11.0. The summed E-state index contributed by atoms with van der Waals surface area (Å²) < 4.78 is 0. The first-order valence-corrected chi connectivity index (χ1v) is 12.9. The molecule has 3 aromatic rings. The monoisotopic (exact) mass is 514 g/mol. The number of aromatic nitrogens is 1. The van der Waals surface area contributed by atoms with Crippen molar-refractivity contribution in [3.8, 4) is 0 Å². The number of piperidine rings is 1. The largest absolute Gasteiger partial charge is 0.361 e. The average Bonchev–Trinajstić information content (AvgIpc) is 3.41. The fraction of sp³-hybridized carbons (Fsp3) is 0.379. The van der Waals surface area contributed by atoms with Crippen molar-refractivity contribution in [2.24, 2.45) is 16.3 Å². The maximum atomic E-state index is 14.1. The molecule has 3 heterocycles. The number of hydrazone groups is 1. The highest BCUT2D eigenvalue weighted by molar-refractivity contribution is 6.14. The van der Waals surface area contributed by atoms with E-state index in [1.165, 1.54) is 5.01 Å². The van der Waals surface area contributed by atoms with Gasteiger partial charge in [-0.15, -0.1) is 0 Å². The molecule has 0 spiro atoms. The number of hydrogen-bond acceptors (Lipinski definition) is 6. The van der Waals surface area contributed by atoms with Crippen molar-refractivity contribution in [3.05, 3.63) is 71.9 Å². The number of H-pyrrole nitrogens is 1. The van der Waals surface area contributed by atoms with E-state index in [1.54, 1.807) is 20.9 Å². The minimum atomic E-state index is -1.16. The third-order valence-corrected chi connectivity index (χ3v) is 7.62. The van der Waals surface area contributed by atoms with E-state index >= 15 is 0 Å². The van der Waals surface area contributed by atoms with Crippen LogP contribution in [0.2, 0.25) is 0 Å². The fourth-order valence-electron chi connectivity index (χ4n) is 5.53. The van der Waals surface area contributed by atoms with Crippen molar-refractivity contribution >= 4 is 34.2 Å². The minimum Gasteiger partial charge on any atom is -0.361 e. The molecule has 2 aliphatic heterocycles. The molecule has 0 bridgehead atoms. The summed E-state index contributed by atoms with van der Waals surface area (Å²) in [5, 5.41) is 13.1. The molecule has 0 aliphatic carbocycles. The van der Waals surface area contributed by atoms with E-state index in [0.717, 1.165) is 27.7 Å². The molecule has 2 unspecified atom stereocenters. The van der Waals surface area contributed by atoms with Crippen LogP contribution in [-0.4, -0.2) is 64.5 Å². The molecule has 2 amide bonds. The molecule has 2 aromatic carbocycles. The van der Waals surface area contributed by atoms with Gasteiger partial charge in [0.2, 0.25) is 5.91 Å². The summed E-state index contributed by atoms with van der Waals surface area (Å²) in [6.07, 6.45) is 2.88. The van der Waals surface area contributed by atoms with E-state index in [1.807, 2.05) is 60.8 Å². The lowest BCUT2D eigenvalue weighted by Crippen LogP contribution is -2.61. The van der Waals surface area contributed by atoms with E-state index < -0.39 is 28.9 Å². The van der Waals surface area contributed by atoms with E-state index in [2.05, 4.69) is 20.7 Å². The van der Waals surface area contributed by atoms with Gasteiger partial charge in [0.1, 0.15) is 0 Å². The first kappa shape index (κ1) is 25.8. The number of aromatic amines is 1. The second kappa shape index (κ2) is 9.81. The van der Waals surface area contributed by atoms with E-state index in [9.17, 15) is 14.4 Å². The lowest BCUT2D eigenvalue weighted by molar-refractivity contribution is -0.137. The van der Waals surface area contributed by atoms with Crippen LogP contribution in [0.1, 0.15) is 31.4 Å². The first-order chi connectivity index (χ1) is 18.1. The molecule has 9 nitrogen and oxygen atoms in total. The second-order valence-electron chi connectivity index (χ2n) is 11.0.